The van der Waals surface area contributed by atoms with Gasteiger partial charge in [0.15, 0.2) is 0 Å². The summed E-state index contributed by atoms with van der Waals surface area (Å²) in [5, 5.41) is 0. The SMILES string of the molecule is COc1ccc(CCC(=O)N2CCCN(C(=O)c3ccoc3C)CC2)cc1. The minimum Gasteiger partial charge on any atom is -0.497 e. The number of rotatable bonds is 5. The first-order valence-corrected chi connectivity index (χ1v) is 9.32. The molecule has 0 unspecified atom stereocenters. The third-order valence-corrected chi connectivity index (χ3v) is 5.01. The molecule has 1 aliphatic rings. The predicted molar refractivity (Wildman–Crippen MR) is 102 cm³/mol. The van der Waals surface area contributed by atoms with E-state index < -0.39 is 0 Å². The number of nitrogens with zero attached hydrogens (tertiary/aromatic N) is 2. The Hall–Kier alpha value is -2.76. The van der Waals surface area contributed by atoms with Gasteiger partial charge in [-0.25, -0.2) is 0 Å². The number of methoxy groups -OCH3 is 1. The molecule has 2 amide bonds. The van der Waals surface area contributed by atoms with Gasteiger partial charge in [-0.1, -0.05) is 12.1 Å². The average Bonchev–Trinajstić information content (AvgIpc) is 2.97. The van der Waals surface area contributed by atoms with Gasteiger partial charge in [-0.2, -0.15) is 0 Å². The molecule has 0 spiro atoms. The fraction of sp³-hybridized carbons (Fsp3) is 0.429. The van der Waals surface area contributed by atoms with Gasteiger partial charge in [0.05, 0.1) is 18.9 Å². The van der Waals surface area contributed by atoms with E-state index in [0.717, 1.165) is 17.7 Å². The van der Waals surface area contributed by atoms with Crippen molar-refractivity contribution >= 4 is 11.8 Å². The van der Waals surface area contributed by atoms with E-state index in [-0.39, 0.29) is 11.8 Å². The minimum atomic E-state index is -0.0196. The van der Waals surface area contributed by atoms with Crippen LogP contribution in [0.25, 0.3) is 0 Å². The molecule has 6 heteroatoms. The van der Waals surface area contributed by atoms with Crippen molar-refractivity contribution in [2.75, 3.05) is 33.3 Å². The summed E-state index contributed by atoms with van der Waals surface area (Å²) in [5.74, 6) is 1.57. The summed E-state index contributed by atoms with van der Waals surface area (Å²) < 4.78 is 10.4. The first-order chi connectivity index (χ1) is 13.1. The second kappa shape index (κ2) is 8.75. The molecule has 3 rings (SSSR count). The second-order valence-electron chi connectivity index (χ2n) is 6.77. The third kappa shape index (κ3) is 4.70. The van der Waals surface area contributed by atoms with Crippen LogP contribution in [0.4, 0.5) is 0 Å². The van der Waals surface area contributed by atoms with Gasteiger partial charge in [0.1, 0.15) is 11.5 Å². The number of benzene rings is 1. The maximum Gasteiger partial charge on any atom is 0.257 e. The van der Waals surface area contributed by atoms with Gasteiger partial charge < -0.3 is 19.0 Å². The Bertz CT molecular complexity index is 782. The largest absolute Gasteiger partial charge is 0.497 e. The summed E-state index contributed by atoms with van der Waals surface area (Å²) in [5.41, 5.74) is 1.72. The molecule has 1 saturated heterocycles. The highest BCUT2D eigenvalue weighted by Gasteiger charge is 2.24. The van der Waals surface area contributed by atoms with Crippen LogP contribution in [0.5, 0.6) is 5.75 Å². The lowest BCUT2D eigenvalue weighted by atomic mass is 10.1. The van der Waals surface area contributed by atoms with Crippen molar-refractivity contribution in [3.63, 3.8) is 0 Å². The van der Waals surface area contributed by atoms with E-state index in [9.17, 15) is 9.59 Å². The highest BCUT2D eigenvalue weighted by molar-refractivity contribution is 5.95. The lowest BCUT2D eigenvalue weighted by Crippen LogP contribution is -2.37. The zero-order valence-electron chi connectivity index (χ0n) is 15.9. The normalized spacial score (nSPS) is 14.7. The highest BCUT2D eigenvalue weighted by atomic mass is 16.5. The number of carbonyl (C=O) groups excluding carboxylic acids is 2. The molecule has 0 bridgehead atoms. The number of aryl methyl sites for hydroxylation is 2. The van der Waals surface area contributed by atoms with Crippen molar-refractivity contribution < 1.29 is 18.7 Å². The molecule has 1 aliphatic heterocycles. The van der Waals surface area contributed by atoms with Crippen LogP contribution in [-0.2, 0) is 11.2 Å². The molecule has 27 heavy (non-hydrogen) atoms. The number of furan rings is 1. The fourth-order valence-corrected chi connectivity index (χ4v) is 3.35. The lowest BCUT2D eigenvalue weighted by Gasteiger charge is -2.22. The van der Waals surface area contributed by atoms with Crippen molar-refractivity contribution in [3.05, 3.63) is 53.5 Å². The summed E-state index contributed by atoms with van der Waals surface area (Å²) in [6.07, 6.45) is 3.50. The molecule has 2 heterocycles. The molecule has 144 valence electrons. The Kier molecular flexibility index (Phi) is 6.16. The topological polar surface area (TPSA) is 63.0 Å². The number of carbonyl (C=O) groups is 2. The molecular weight excluding hydrogens is 344 g/mol. The number of hydrogen-bond acceptors (Lipinski definition) is 4. The smallest absolute Gasteiger partial charge is 0.257 e. The van der Waals surface area contributed by atoms with Crippen LogP contribution in [0.2, 0.25) is 0 Å². The molecule has 0 radical (unpaired) electrons. The van der Waals surface area contributed by atoms with Gasteiger partial charge in [-0.3, -0.25) is 9.59 Å². The average molecular weight is 370 g/mol. The summed E-state index contributed by atoms with van der Waals surface area (Å²) in [6, 6.07) is 9.50. The monoisotopic (exact) mass is 370 g/mol. The van der Waals surface area contributed by atoms with E-state index in [1.165, 1.54) is 6.26 Å². The summed E-state index contributed by atoms with van der Waals surface area (Å²) in [4.78, 5) is 28.9. The Labute approximate surface area is 159 Å². The summed E-state index contributed by atoms with van der Waals surface area (Å²) in [6.45, 7) is 4.27. The van der Waals surface area contributed by atoms with Crippen LogP contribution in [0.1, 0.15) is 34.5 Å². The van der Waals surface area contributed by atoms with Crippen LogP contribution in [-0.4, -0.2) is 54.9 Å². The van der Waals surface area contributed by atoms with Gasteiger partial charge in [-0.15, -0.1) is 0 Å². The van der Waals surface area contributed by atoms with Gasteiger partial charge in [0.2, 0.25) is 5.91 Å². The van der Waals surface area contributed by atoms with Gasteiger partial charge in [-0.05, 0) is 43.5 Å². The van der Waals surface area contributed by atoms with Crippen molar-refractivity contribution in [1.82, 2.24) is 9.80 Å². The molecule has 6 nitrogen and oxygen atoms in total. The lowest BCUT2D eigenvalue weighted by molar-refractivity contribution is -0.131. The van der Waals surface area contributed by atoms with E-state index in [0.29, 0.717) is 50.3 Å². The predicted octanol–water partition coefficient (Wildman–Crippen LogP) is 2.90. The van der Waals surface area contributed by atoms with E-state index in [4.69, 9.17) is 9.15 Å². The maximum absolute atomic E-state index is 12.6. The molecule has 0 N–H and O–H groups in total. The summed E-state index contributed by atoms with van der Waals surface area (Å²) in [7, 11) is 1.64. The Morgan fingerprint density at radius 2 is 1.74 bits per heavy atom. The molecule has 1 aromatic carbocycles. The molecule has 1 fully saturated rings. The first-order valence-electron chi connectivity index (χ1n) is 9.32. The molecule has 0 aliphatic carbocycles. The van der Waals surface area contributed by atoms with E-state index in [1.807, 2.05) is 34.1 Å². The van der Waals surface area contributed by atoms with Gasteiger partial charge >= 0.3 is 0 Å². The zero-order valence-corrected chi connectivity index (χ0v) is 15.9. The van der Waals surface area contributed by atoms with E-state index in [2.05, 4.69) is 0 Å². The van der Waals surface area contributed by atoms with Crippen LogP contribution in [0, 0.1) is 6.92 Å². The third-order valence-electron chi connectivity index (χ3n) is 5.01. The fourth-order valence-electron chi connectivity index (χ4n) is 3.35. The summed E-state index contributed by atoms with van der Waals surface area (Å²) >= 11 is 0. The molecule has 1 aromatic heterocycles. The van der Waals surface area contributed by atoms with Crippen LogP contribution in [0.3, 0.4) is 0 Å². The van der Waals surface area contributed by atoms with Gasteiger partial charge in [0.25, 0.3) is 5.91 Å². The molecular formula is C21H26N2O4. The van der Waals surface area contributed by atoms with Crippen molar-refractivity contribution in [1.29, 1.82) is 0 Å². The first kappa shape index (κ1) is 19.0. The van der Waals surface area contributed by atoms with Crippen LogP contribution in [0.15, 0.2) is 41.0 Å². The quantitative estimate of drug-likeness (QED) is 0.812. The Morgan fingerprint density at radius 1 is 1.04 bits per heavy atom. The standard InChI is InChI=1S/C21H26N2O4/c1-16-19(10-15-27-16)21(25)23-12-3-11-22(13-14-23)20(24)9-6-17-4-7-18(26-2)8-5-17/h4-5,7-8,10,15H,3,6,9,11-14H2,1-2H3. The molecule has 2 aromatic rings. The zero-order chi connectivity index (χ0) is 19.2. The van der Waals surface area contributed by atoms with Crippen LogP contribution < -0.4 is 4.74 Å². The molecule has 0 atom stereocenters. The van der Waals surface area contributed by atoms with E-state index >= 15 is 0 Å². The number of hydrogen-bond donors (Lipinski definition) is 0. The van der Waals surface area contributed by atoms with Crippen molar-refractivity contribution in [3.8, 4) is 5.75 Å². The van der Waals surface area contributed by atoms with Gasteiger partial charge in [0, 0.05) is 32.6 Å². The Morgan fingerprint density at radius 3 is 2.41 bits per heavy atom. The maximum atomic E-state index is 12.6. The minimum absolute atomic E-state index is 0.0196. The molecule has 0 saturated carbocycles. The second-order valence-corrected chi connectivity index (χ2v) is 6.77. The highest BCUT2D eigenvalue weighted by Crippen LogP contribution is 2.16. The van der Waals surface area contributed by atoms with Crippen molar-refractivity contribution in [2.24, 2.45) is 0 Å². The Balaban J connectivity index is 1.51. The number of ether oxygens (including phenoxy) is 1. The van der Waals surface area contributed by atoms with E-state index in [1.54, 1.807) is 20.1 Å². The van der Waals surface area contributed by atoms with Crippen molar-refractivity contribution in [2.45, 2.75) is 26.2 Å². The number of amides is 2. The van der Waals surface area contributed by atoms with Crippen LogP contribution >= 0.6 is 0 Å².